The molecule has 122 valence electrons. The van der Waals surface area contributed by atoms with Crippen LogP contribution in [0.4, 0.5) is 13.2 Å². The minimum absolute atomic E-state index is 0.0462. The molecule has 0 saturated heterocycles. The number of methoxy groups -OCH3 is 1. The molecule has 0 N–H and O–H groups in total. The van der Waals surface area contributed by atoms with Crippen LogP contribution < -0.4 is 8.92 Å². The number of carbonyl (C=O) groups is 1. The minimum atomic E-state index is -5.73. The number of carbonyl (C=O) groups excluding carboxylic acids is 1. The largest absolute Gasteiger partial charge is 0.534 e. The van der Waals surface area contributed by atoms with E-state index in [1.165, 1.54) is 13.2 Å². The van der Waals surface area contributed by atoms with Gasteiger partial charge in [0.1, 0.15) is 11.5 Å². The molecule has 0 amide bonds. The van der Waals surface area contributed by atoms with Crippen LogP contribution in [0.15, 0.2) is 18.2 Å². The molecule has 0 aromatic heterocycles. The summed E-state index contributed by atoms with van der Waals surface area (Å²) in [7, 11) is -4.50. The molecule has 0 fully saturated rings. The fourth-order valence-electron chi connectivity index (χ4n) is 1.94. The molecule has 22 heavy (non-hydrogen) atoms. The molecular formula is C12H11F3O6S. The van der Waals surface area contributed by atoms with E-state index in [1.54, 1.807) is 0 Å². The first-order valence-corrected chi connectivity index (χ1v) is 7.39. The first-order chi connectivity index (χ1) is 10.1. The van der Waals surface area contributed by atoms with Crippen LogP contribution in [0.2, 0.25) is 0 Å². The van der Waals surface area contributed by atoms with Crippen molar-refractivity contribution in [2.45, 2.75) is 17.8 Å². The van der Waals surface area contributed by atoms with Gasteiger partial charge in [-0.2, -0.15) is 21.6 Å². The second-order valence-corrected chi connectivity index (χ2v) is 6.01. The van der Waals surface area contributed by atoms with Crippen LogP contribution in [0.3, 0.4) is 0 Å². The van der Waals surface area contributed by atoms with Crippen molar-refractivity contribution in [1.29, 1.82) is 0 Å². The van der Waals surface area contributed by atoms with Gasteiger partial charge in [-0.15, -0.1) is 0 Å². The predicted molar refractivity (Wildman–Crippen MR) is 66.9 cm³/mol. The Hall–Kier alpha value is -1.97. The lowest BCUT2D eigenvalue weighted by atomic mass is 9.98. The van der Waals surface area contributed by atoms with Crippen LogP contribution in [0.5, 0.6) is 11.5 Å². The van der Waals surface area contributed by atoms with Crippen LogP contribution in [-0.4, -0.2) is 33.6 Å². The topological polar surface area (TPSA) is 78.9 Å². The van der Waals surface area contributed by atoms with E-state index in [-0.39, 0.29) is 24.7 Å². The lowest BCUT2D eigenvalue weighted by Gasteiger charge is -2.10. The van der Waals surface area contributed by atoms with Crippen molar-refractivity contribution in [2.75, 3.05) is 13.7 Å². The van der Waals surface area contributed by atoms with Crippen LogP contribution in [0.1, 0.15) is 17.9 Å². The summed E-state index contributed by atoms with van der Waals surface area (Å²) in [6.45, 7) is 0.139. The maximum atomic E-state index is 12.2. The van der Waals surface area contributed by atoms with Gasteiger partial charge in [0.25, 0.3) is 0 Å². The quantitative estimate of drug-likeness (QED) is 0.474. The van der Waals surface area contributed by atoms with Gasteiger partial charge in [0, 0.05) is 17.5 Å². The van der Waals surface area contributed by atoms with E-state index in [4.69, 9.17) is 4.74 Å². The van der Waals surface area contributed by atoms with Crippen molar-refractivity contribution in [3.63, 3.8) is 0 Å². The summed E-state index contributed by atoms with van der Waals surface area (Å²) in [5.74, 6) is -1.12. The third-order valence-corrected chi connectivity index (χ3v) is 3.97. The lowest BCUT2D eigenvalue weighted by molar-refractivity contribution is -0.141. The minimum Gasteiger partial charge on any atom is -0.492 e. The summed E-state index contributed by atoms with van der Waals surface area (Å²) in [4.78, 5) is 11.2. The Morgan fingerprint density at radius 1 is 1.41 bits per heavy atom. The highest BCUT2D eigenvalue weighted by Crippen LogP contribution is 2.39. The Labute approximate surface area is 123 Å². The third-order valence-electron chi connectivity index (χ3n) is 3.00. The van der Waals surface area contributed by atoms with Crippen molar-refractivity contribution >= 4 is 16.1 Å². The molecule has 1 aliphatic heterocycles. The molecule has 0 saturated carbocycles. The summed E-state index contributed by atoms with van der Waals surface area (Å²) < 4.78 is 72.3. The van der Waals surface area contributed by atoms with Crippen molar-refractivity contribution in [3.8, 4) is 11.5 Å². The number of benzene rings is 1. The smallest absolute Gasteiger partial charge is 0.492 e. The van der Waals surface area contributed by atoms with Gasteiger partial charge in [-0.1, -0.05) is 6.07 Å². The van der Waals surface area contributed by atoms with Crippen molar-refractivity contribution in [2.24, 2.45) is 0 Å². The number of hydrogen-bond acceptors (Lipinski definition) is 6. The molecule has 1 heterocycles. The molecule has 1 aliphatic rings. The second kappa shape index (κ2) is 5.67. The molecule has 10 heteroatoms. The van der Waals surface area contributed by atoms with Gasteiger partial charge in [-0.3, -0.25) is 4.79 Å². The van der Waals surface area contributed by atoms with E-state index in [1.807, 2.05) is 0 Å². The van der Waals surface area contributed by atoms with Gasteiger partial charge in [-0.05, 0) is 6.07 Å². The standard InChI is InChI=1S/C12H11F3O6S/c1-19-11(16)4-7-6-20-10-5-8(2-3-9(7)10)21-22(17,18)12(13,14)15/h2-3,5,7H,4,6H2,1H3. The van der Waals surface area contributed by atoms with E-state index in [2.05, 4.69) is 8.92 Å². The Bertz CT molecular complexity index is 683. The highest BCUT2D eigenvalue weighted by Gasteiger charge is 2.48. The second-order valence-electron chi connectivity index (χ2n) is 4.47. The lowest BCUT2D eigenvalue weighted by Crippen LogP contribution is -2.28. The monoisotopic (exact) mass is 340 g/mol. The Kier molecular flexibility index (Phi) is 4.23. The zero-order chi connectivity index (χ0) is 16.5. The summed E-state index contributed by atoms with van der Waals surface area (Å²) in [5.41, 5.74) is -4.94. The number of fused-ring (bicyclic) bond motifs is 1. The average molecular weight is 340 g/mol. The van der Waals surface area contributed by atoms with Crippen LogP contribution >= 0.6 is 0 Å². The van der Waals surface area contributed by atoms with E-state index in [0.717, 1.165) is 12.1 Å². The molecular weight excluding hydrogens is 329 g/mol. The molecule has 1 aromatic rings. The molecule has 1 aromatic carbocycles. The van der Waals surface area contributed by atoms with Crippen molar-refractivity contribution in [3.05, 3.63) is 23.8 Å². The Morgan fingerprint density at radius 3 is 2.68 bits per heavy atom. The summed E-state index contributed by atoms with van der Waals surface area (Å²) >= 11 is 0. The zero-order valence-electron chi connectivity index (χ0n) is 11.2. The number of rotatable bonds is 4. The molecule has 1 unspecified atom stereocenters. The van der Waals surface area contributed by atoms with E-state index in [9.17, 15) is 26.4 Å². The molecule has 1 atom stereocenters. The number of hydrogen-bond donors (Lipinski definition) is 0. The maximum absolute atomic E-state index is 12.2. The molecule has 6 nitrogen and oxygen atoms in total. The molecule has 0 spiro atoms. The first-order valence-electron chi connectivity index (χ1n) is 5.98. The number of alkyl halides is 3. The van der Waals surface area contributed by atoms with Gasteiger partial charge in [0.15, 0.2) is 0 Å². The maximum Gasteiger partial charge on any atom is 0.534 e. The van der Waals surface area contributed by atoms with E-state index in [0.29, 0.717) is 5.56 Å². The van der Waals surface area contributed by atoms with Crippen molar-refractivity contribution in [1.82, 2.24) is 0 Å². The number of halogens is 3. The summed E-state index contributed by atoms with van der Waals surface area (Å²) in [6.07, 6.45) is 0.0462. The van der Waals surface area contributed by atoms with E-state index < -0.39 is 27.3 Å². The molecule has 2 rings (SSSR count). The zero-order valence-corrected chi connectivity index (χ0v) is 12.0. The van der Waals surface area contributed by atoms with Crippen molar-refractivity contribution < 1.29 is 40.0 Å². The van der Waals surface area contributed by atoms with E-state index >= 15 is 0 Å². The molecule has 0 aliphatic carbocycles. The van der Waals surface area contributed by atoms with Crippen LogP contribution in [-0.2, 0) is 19.6 Å². The molecule has 0 radical (unpaired) electrons. The fourth-order valence-corrected chi connectivity index (χ4v) is 2.39. The van der Waals surface area contributed by atoms with Gasteiger partial charge < -0.3 is 13.7 Å². The third kappa shape index (κ3) is 3.26. The predicted octanol–water partition coefficient (Wildman–Crippen LogP) is 1.95. The summed E-state index contributed by atoms with van der Waals surface area (Å²) in [5, 5.41) is 0. The SMILES string of the molecule is COC(=O)CC1COc2cc(OS(=O)(=O)C(F)(F)F)ccc21. The number of esters is 1. The summed E-state index contributed by atoms with van der Waals surface area (Å²) in [6, 6.07) is 3.47. The molecule has 0 bridgehead atoms. The number of ether oxygens (including phenoxy) is 2. The highest BCUT2D eigenvalue weighted by atomic mass is 32.2. The highest BCUT2D eigenvalue weighted by molar-refractivity contribution is 7.88. The first kappa shape index (κ1) is 16.4. The van der Waals surface area contributed by atoms with Crippen LogP contribution in [0, 0.1) is 0 Å². The van der Waals surface area contributed by atoms with Gasteiger partial charge in [-0.25, -0.2) is 0 Å². The Balaban J connectivity index is 2.19. The van der Waals surface area contributed by atoms with Gasteiger partial charge >= 0.3 is 21.6 Å². The van der Waals surface area contributed by atoms with Crippen LogP contribution in [0.25, 0.3) is 0 Å². The average Bonchev–Trinajstić information content (AvgIpc) is 2.79. The Morgan fingerprint density at radius 2 is 2.09 bits per heavy atom. The fraction of sp³-hybridized carbons (Fsp3) is 0.417. The van der Waals surface area contributed by atoms with Gasteiger partial charge in [0.05, 0.1) is 20.1 Å². The van der Waals surface area contributed by atoms with Gasteiger partial charge in [0.2, 0.25) is 0 Å². The normalized spacial score (nSPS) is 17.5.